The van der Waals surface area contributed by atoms with E-state index in [1.54, 1.807) is 0 Å². The van der Waals surface area contributed by atoms with Crippen LogP contribution in [0.4, 0.5) is 11.4 Å². The summed E-state index contributed by atoms with van der Waals surface area (Å²) in [5.41, 5.74) is 3.19. The zero-order valence-corrected chi connectivity index (χ0v) is 17.3. The Bertz CT molecular complexity index is 779. The van der Waals surface area contributed by atoms with Gasteiger partial charge in [-0.2, -0.15) is 0 Å². The summed E-state index contributed by atoms with van der Waals surface area (Å²) in [5.74, 6) is 0.341. The van der Waals surface area contributed by atoms with Crippen LogP contribution in [0, 0.1) is 0 Å². The van der Waals surface area contributed by atoms with Crippen LogP contribution in [0.3, 0.4) is 0 Å². The monoisotopic (exact) mass is 385 g/mol. The second-order valence-electron chi connectivity index (χ2n) is 7.51. The van der Waals surface area contributed by atoms with Crippen molar-refractivity contribution in [1.82, 2.24) is 5.32 Å². The predicted molar refractivity (Wildman–Crippen MR) is 116 cm³/mol. The zero-order valence-electron chi connectivity index (χ0n) is 16.5. The molecule has 2 aromatic rings. The highest BCUT2D eigenvalue weighted by molar-refractivity contribution is 7.80. The van der Waals surface area contributed by atoms with Crippen molar-refractivity contribution in [2.24, 2.45) is 0 Å². The van der Waals surface area contributed by atoms with Crippen molar-refractivity contribution < 1.29 is 9.53 Å². The van der Waals surface area contributed by atoms with E-state index in [2.05, 4.69) is 31.4 Å². The molecule has 0 fully saturated rings. The highest BCUT2D eigenvalue weighted by atomic mass is 32.1. The molecule has 144 valence electrons. The first-order valence-corrected chi connectivity index (χ1v) is 9.17. The quantitative estimate of drug-likeness (QED) is 0.764. The molecule has 0 aliphatic heterocycles. The fourth-order valence-electron chi connectivity index (χ4n) is 2.37. The van der Waals surface area contributed by atoms with Gasteiger partial charge in [0.15, 0.2) is 11.7 Å². The first-order valence-electron chi connectivity index (χ1n) is 8.77. The lowest BCUT2D eigenvalue weighted by Gasteiger charge is -2.19. The van der Waals surface area contributed by atoms with Gasteiger partial charge >= 0.3 is 0 Å². The third-order valence-electron chi connectivity index (χ3n) is 3.98. The molecule has 0 spiro atoms. The molecule has 0 saturated heterocycles. The van der Waals surface area contributed by atoms with Crippen LogP contribution in [0.25, 0.3) is 0 Å². The normalized spacial score (nSPS) is 10.9. The molecule has 5 nitrogen and oxygen atoms in total. The highest BCUT2D eigenvalue weighted by Gasteiger charge is 2.13. The average molecular weight is 386 g/mol. The van der Waals surface area contributed by atoms with Crippen molar-refractivity contribution in [2.45, 2.75) is 26.2 Å². The van der Waals surface area contributed by atoms with Gasteiger partial charge in [-0.1, -0.05) is 32.9 Å². The van der Waals surface area contributed by atoms with Gasteiger partial charge in [-0.25, -0.2) is 0 Å². The summed E-state index contributed by atoms with van der Waals surface area (Å²) < 4.78 is 5.52. The molecule has 0 bridgehead atoms. The van der Waals surface area contributed by atoms with Gasteiger partial charge in [0.05, 0.1) is 0 Å². The van der Waals surface area contributed by atoms with Crippen LogP contribution in [-0.2, 0) is 10.2 Å². The van der Waals surface area contributed by atoms with Crippen molar-refractivity contribution in [3.8, 4) is 5.75 Å². The number of carbonyl (C=O) groups is 1. The largest absolute Gasteiger partial charge is 0.484 e. The minimum atomic E-state index is -0.308. The lowest BCUT2D eigenvalue weighted by Crippen LogP contribution is -2.37. The van der Waals surface area contributed by atoms with Crippen LogP contribution in [0.2, 0.25) is 0 Å². The van der Waals surface area contributed by atoms with Gasteiger partial charge in [0.25, 0.3) is 5.91 Å². The van der Waals surface area contributed by atoms with Crippen molar-refractivity contribution in [3.05, 3.63) is 54.1 Å². The Labute approximate surface area is 166 Å². The van der Waals surface area contributed by atoms with Crippen LogP contribution in [0.1, 0.15) is 26.3 Å². The summed E-state index contributed by atoms with van der Waals surface area (Å²) in [7, 11) is 3.95. The van der Waals surface area contributed by atoms with Gasteiger partial charge in [0.2, 0.25) is 0 Å². The third-order valence-corrected chi connectivity index (χ3v) is 4.19. The van der Waals surface area contributed by atoms with Crippen LogP contribution >= 0.6 is 12.2 Å². The fraction of sp³-hybridized carbons (Fsp3) is 0.333. The first kappa shape index (κ1) is 20.7. The maximum absolute atomic E-state index is 12.0. The molecule has 6 heteroatoms. The summed E-state index contributed by atoms with van der Waals surface area (Å²) >= 11 is 5.18. The van der Waals surface area contributed by atoms with Crippen LogP contribution in [-0.4, -0.2) is 31.7 Å². The number of hydrogen-bond donors (Lipinski definition) is 2. The summed E-state index contributed by atoms with van der Waals surface area (Å²) in [5, 5.41) is 5.84. The maximum Gasteiger partial charge on any atom is 0.264 e. The molecule has 0 aromatic heterocycles. The molecule has 0 atom stereocenters. The predicted octanol–water partition coefficient (Wildman–Crippen LogP) is 3.94. The smallest absolute Gasteiger partial charge is 0.264 e. The minimum Gasteiger partial charge on any atom is -0.484 e. The number of amides is 1. The molecule has 0 aliphatic carbocycles. The molecular weight excluding hydrogens is 358 g/mol. The lowest BCUT2D eigenvalue weighted by atomic mass is 9.87. The van der Waals surface area contributed by atoms with Crippen LogP contribution in [0.15, 0.2) is 48.5 Å². The summed E-state index contributed by atoms with van der Waals surface area (Å²) in [6.07, 6.45) is 0. The number of benzene rings is 2. The Hall–Kier alpha value is -2.60. The summed E-state index contributed by atoms with van der Waals surface area (Å²) in [6, 6.07) is 15.5. The maximum atomic E-state index is 12.0. The zero-order chi connectivity index (χ0) is 20.0. The topological polar surface area (TPSA) is 53.6 Å². The average Bonchev–Trinajstić information content (AvgIpc) is 2.60. The molecule has 2 rings (SSSR count). The standard InChI is InChI=1S/C21H27N3O2S/c1-21(2,3)15-6-12-18(13-7-15)26-14-19(25)23-20(27)22-16-8-10-17(11-9-16)24(4)5/h6-13H,14H2,1-5H3,(H2,22,23,25,27). The lowest BCUT2D eigenvalue weighted by molar-refractivity contribution is -0.121. The number of ether oxygens (including phenoxy) is 1. The van der Waals surface area contributed by atoms with E-state index in [-0.39, 0.29) is 23.0 Å². The van der Waals surface area contributed by atoms with Gasteiger partial charge in [0, 0.05) is 25.5 Å². The third kappa shape index (κ3) is 6.57. The van der Waals surface area contributed by atoms with E-state index in [9.17, 15) is 4.79 Å². The van der Waals surface area contributed by atoms with E-state index in [0.717, 1.165) is 11.4 Å². The van der Waals surface area contributed by atoms with Crippen LogP contribution in [0.5, 0.6) is 5.75 Å². The molecule has 0 saturated carbocycles. The molecule has 0 aliphatic rings. The molecule has 0 unspecified atom stereocenters. The van der Waals surface area contributed by atoms with Gasteiger partial charge < -0.3 is 15.0 Å². The Morgan fingerprint density at radius 3 is 2.15 bits per heavy atom. The molecule has 27 heavy (non-hydrogen) atoms. The minimum absolute atomic E-state index is 0.0819. The number of hydrogen-bond acceptors (Lipinski definition) is 4. The second-order valence-corrected chi connectivity index (χ2v) is 7.91. The Kier molecular flexibility index (Phi) is 6.80. The Balaban J connectivity index is 1.80. The van der Waals surface area contributed by atoms with Crippen molar-refractivity contribution in [1.29, 1.82) is 0 Å². The van der Waals surface area contributed by atoms with E-state index < -0.39 is 0 Å². The number of nitrogens with one attached hydrogen (secondary N) is 2. The van der Waals surface area contributed by atoms with Crippen molar-refractivity contribution in [3.63, 3.8) is 0 Å². The Morgan fingerprint density at radius 2 is 1.63 bits per heavy atom. The Morgan fingerprint density at radius 1 is 1.04 bits per heavy atom. The van der Waals surface area contributed by atoms with Gasteiger partial charge in [-0.05, 0) is 59.6 Å². The van der Waals surface area contributed by atoms with E-state index in [1.165, 1.54) is 5.56 Å². The molecule has 1 amide bonds. The molecule has 2 N–H and O–H groups in total. The first-order chi connectivity index (χ1) is 12.6. The SMILES string of the molecule is CN(C)c1ccc(NC(=S)NC(=O)COc2ccc(C(C)(C)C)cc2)cc1. The number of anilines is 2. The van der Waals surface area contributed by atoms with E-state index in [0.29, 0.717) is 5.75 Å². The van der Waals surface area contributed by atoms with E-state index in [1.807, 2.05) is 67.5 Å². The van der Waals surface area contributed by atoms with Gasteiger partial charge in [0.1, 0.15) is 5.75 Å². The second kappa shape index (κ2) is 8.86. The number of nitrogens with zero attached hydrogens (tertiary/aromatic N) is 1. The fourth-order valence-corrected chi connectivity index (χ4v) is 2.60. The number of carbonyl (C=O) groups excluding carboxylic acids is 1. The number of thiocarbonyl (C=S) groups is 1. The molecular formula is C21H27N3O2S. The van der Waals surface area contributed by atoms with Gasteiger partial charge in [-0.15, -0.1) is 0 Å². The number of rotatable bonds is 5. The van der Waals surface area contributed by atoms with Crippen molar-refractivity contribution in [2.75, 3.05) is 30.9 Å². The molecule has 0 heterocycles. The van der Waals surface area contributed by atoms with Gasteiger partial charge in [-0.3, -0.25) is 10.1 Å². The highest BCUT2D eigenvalue weighted by Crippen LogP contribution is 2.24. The van der Waals surface area contributed by atoms with E-state index in [4.69, 9.17) is 17.0 Å². The molecule has 2 aromatic carbocycles. The van der Waals surface area contributed by atoms with E-state index >= 15 is 0 Å². The summed E-state index contributed by atoms with van der Waals surface area (Å²) in [4.78, 5) is 14.0. The summed E-state index contributed by atoms with van der Waals surface area (Å²) in [6.45, 7) is 6.35. The molecule has 0 radical (unpaired) electrons. The van der Waals surface area contributed by atoms with Crippen molar-refractivity contribution >= 4 is 34.6 Å². The van der Waals surface area contributed by atoms with Crippen LogP contribution < -0.4 is 20.3 Å².